The fraction of sp³-hybridized carbons (Fsp3) is 0.129. The standard InChI is InChI=1S/C31H27N7O/c1-2-29-33-28-17-16-24(32-19-21-8-4-3-5-9-21)18-27(28)31(39)38(29)20-22-12-14-23(15-13-22)25-10-6-7-11-26(25)30-34-36-37-35-30/h3-18,32H,2,19-20H2,1H3,(H,34,35,36,37). The van der Waals surface area contributed by atoms with Crippen molar-refractivity contribution in [2.24, 2.45) is 0 Å². The number of fused-ring (bicyclic) bond motifs is 1. The molecular formula is C31H27N7O. The molecule has 0 aliphatic carbocycles. The van der Waals surface area contributed by atoms with Gasteiger partial charge in [0.15, 0.2) is 0 Å². The van der Waals surface area contributed by atoms with Crippen LogP contribution in [0.4, 0.5) is 5.69 Å². The number of tetrazole rings is 1. The van der Waals surface area contributed by atoms with E-state index in [0.717, 1.165) is 33.8 Å². The van der Waals surface area contributed by atoms with E-state index in [-0.39, 0.29) is 5.56 Å². The van der Waals surface area contributed by atoms with Crippen molar-refractivity contribution < 1.29 is 0 Å². The first-order valence-corrected chi connectivity index (χ1v) is 12.9. The lowest BCUT2D eigenvalue weighted by atomic mass is 9.98. The van der Waals surface area contributed by atoms with E-state index in [0.29, 0.717) is 36.2 Å². The second kappa shape index (κ2) is 10.7. The highest BCUT2D eigenvalue weighted by Crippen LogP contribution is 2.30. The van der Waals surface area contributed by atoms with Crippen molar-refractivity contribution in [2.45, 2.75) is 26.4 Å². The first-order valence-electron chi connectivity index (χ1n) is 12.9. The van der Waals surface area contributed by atoms with Gasteiger partial charge < -0.3 is 5.32 Å². The largest absolute Gasteiger partial charge is 0.381 e. The number of hydrogen-bond acceptors (Lipinski definition) is 6. The molecule has 0 unspecified atom stereocenters. The monoisotopic (exact) mass is 513 g/mol. The molecule has 0 atom stereocenters. The molecule has 0 aliphatic heterocycles. The Bertz CT molecular complexity index is 1780. The second-order valence-electron chi connectivity index (χ2n) is 9.32. The molecule has 0 spiro atoms. The minimum absolute atomic E-state index is 0.0354. The lowest BCUT2D eigenvalue weighted by Gasteiger charge is -2.14. The van der Waals surface area contributed by atoms with Gasteiger partial charge in [-0.15, -0.1) is 10.2 Å². The van der Waals surface area contributed by atoms with Crippen molar-refractivity contribution in [1.82, 2.24) is 30.2 Å². The summed E-state index contributed by atoms with van der Waals surface area (Å²) in [5.74, 6) is 1.32. The van der Waals surface area contributed by atoms with E-state index in [1.165, 1.54) is 5.56 Å². The van der Waals surface area contributed by atoms with Crippen molar-refractivity contribution >= 4 is 16.6 Å². The molecule has 2 heterocycles. The van der Waals surface area contributed by atoms with Crippen molar-refractivity contribution in [2.75, 3.05) is 5.32 Å². The van der Waals surface area contributed by atoms with Gasteiger partial charge in [-0.1, -0.05) is 85.8 Å². The van der Waals surface area contributed by atoms with Crippen LogP contribution in [-0.4, -0.2) is 30.2 Å². The van der Waals surface area contributed by atoms with Gasteiger partial charge in [-0.2, -0.15) is 5.21 Å². The number of aromatic amines is 1. The summed E-state index contributed by atoms with van der Waals surface area (Å²) >= 11 is 0. The Hall–Kier alpha value is -5.11. The normalized spacial score (nSPS) is 11.1. The summed E-state index contributed by atoms with van der Waals surface area (Å²) in [6.07, 6.45) is 0.662. The second-order valence-corrected chi connectivity index (χ2v) is 9.32. The van der Waals surface area contributed by atoms with E-state index in [4.69, 9.17) is 4.98 Å². The lowest BCUT2D eigenvalue weighted by Crippen LogP contribution is -2.25. The van der Waals surface area contributed by atoms with Crippen LogP contribution < -0.4 is 10.9 Å². The predicted octanol–water partition coefficient (Wildman–Crippen LogP) is 5.47. The maximum Gasteiger partial charge on any atom is 0.261 e. The molecule has 6 rings (SSSR count). The summed E-state index contributed by atoms with van der Waals surface area (Å²) in [5.41, 5.74) is 6.72. The molecule has 0 amide bonds. The predicted molar refractivity (Wildman–Crippen MR) is 153 cm³/mol. The van der Waals surface area contributed by atoms with Gasteiger partial charge >= 0.3 is 0 Å². The van der Waals surface area contributed by atoms with Crippen molar-refractivity contribution in [3.05, 3.63) is 124 Å². The molecule has 2 N–H and O–H groups in total. The maximum atomic E-state index is 13.7. The molecule has 0 fully saturated rings. The molecule has 8 nitrogen and oxygen atoms in total. The van der Waals surface area contributed by atoms with Crippen LogP contribution in [0.5, 0.6) is 0 Å². The Morgan fingerprint density at radius 1 is 0.846 bits per heavy atom. The van der Waals surface area contributed by atoms with Crippen molar-refractivity contribution in [1.29, 1.82) is 0 Å². The highest BCUT2D eigenvalue weighted by Gasteiger charge is 2.13. The molecule has 2 aromatic heterocycles. The van der Waals surface area contributed by atoms with Gasteiger partial charge in [0.2, 0.25) is 5.82 Å². The third-order valence-corrected chi connectivity index (χ3v) is 6.81. The zero-order valence-corrected chi connectivity index (χ0v) is 21.5. The summed E-state index contributed by atoms with van der Waals surface area (Å²) in [6, 6.07) is 32.2. The van der Waals surface area contributed by atoms with Crippen LogP contribution in [0.25, 0.3) is 33.4 Å². The van der Waals surface area contributed by atoms with E-state index in [9.17, 15) is 4.79 Å². The van der Waals surface area contributed by atoms with Gasteiger partial charge in [-0.3, -0.25) is 9.36 Å². The van der Waals surface area contributed by atoms with Crippen LogP contribution in [0.1, 0.15) is 23.9 Å². The molecule has 0 saturated heterocycles. The third-order valence-electron chi connectivity index (χ3n) is 6.81. The topological polar surface area (TPSA) is 101 Å². The molecular weight excluding hydrogens is 486 g/mol. The summed E-state index contributed by atoms with van der Waals surface area (Å²) in [5, 5.41) is 18.5. The number of aryl methyl sites for hydroxylation is 1. The summed E-state index contributed by atoms with van der Waals surface area (Å²) in [4.78, 5) is 18.5. The minimum Gasteiger partial charge on any atom is -0.381 e. The molecule has 0 bridgehead atoms. The van der Waals surface area contributed by atoms with E-state index in [1.807, 2.05) is 67.6 Å². The molecule has 0 saturated carbocycles. The van der Waals surface area contributed by atoms with E-state index < -0.39 is 0 Å². The summed E-state index contributed by atoms with van der Waals surface area (Å²) < 4.78 is 1.78. The Morgan fingerprint density at radius 2 is 1.62 bits per heavy atom. The highest BCUT2D eigenvalue weighted by molar-refractivity contribution is 5.82. The van der Waals surface area contributed by atoms with Gasteiger partial charge in [0.25, 0.3) is 5.56 Å². The van der Waals surface area contributed by atoms with Crippen LogP contribution in [0.2, 0.25) is 0 Å². The average molecular weight is 514 g/mol. The number of rotatable bonds is 8. The SMILES string of the molecule is CCc1nc2ccc(NCc3ccccc3)cc2c(=O)n1Cc1ccc(-c2ccccc2-c2nn[nH]n2)cc1. The van der Waals surface area contributed by atoms with Crippen LogP contribution in [0.15, 0.2) is 102 Å². The number of nitrogens with zero attached hydrogens (tertiary/aromatic N) is 5. The Morgan fingerprint density at radius 3 is 2.36 bits per heavy atom. The Labute approximate surface area is 225 Å². The molecule has 4 aromatic carbocycles. The van der Waals surface area contributed by atoms with E-state index in [2.05, 4.69) is 62.3 Å². The average Bonchev–Trinajstić information content (AvgIpc) is 3.53. The van der Waals surface area contributed by atoms with Crippen molar-refractivity contribution in [3.8, 4) is 22.5 Å². The number of aromatic nitrogens is 6. The van der Waals surface area contributed by atoms with Gasteiger partial charge in [0, 0.05) is 24.2 Å². The van der Waals surface area contributed by atoms with E-state index in [1.54, 1.807) is 4.57 Å². The fourth-order valence-corrected chi connectivity index (χ4v) is 4.79. The van der Waals surface area contributed by atoms with Crippen molar-refractivity contribution in [3.63, 3.8) is 0 Å². The first-order chi connectivity index (χ1) is 19.2. The number of benzene rings is 4. The molecule has 0 aliphatic rings. The van der Waals surface area contributed by atoms with Gasteiger partial charge in [0.05, 0.1) is 17.4 Å². The quantitative estimate of drug-likeness (QED) is 0.280. The molecule has 6 aromatic rings. The van der Waals surface area contributed by atoms with Crippen LogP contribution in [-0.2, 0) is 19.5 Å². The minimum atomic E-state index is -0.0354. The fourth-order valence-electron chi connectivity index (χ4n) is 4.79. The Kier molecular flexibility index (Phi) is 6.66. The van der Waals surface area contributed by atoms with Crippen LogP contribution >= 0.6 is 0 Å². The molecule has 0 radical (unpaired) electrons. The van der Waals surface area contributed by atoms with E-state index >= 15 is 0 Å². The molecule has 39 heavy (non-hydrogen) atoms. The zero-order valence-electron chi connectivity index (χ0n) is 21.5. The maximum absolute atomic E-state index is 13.7. The molecule has 192 valence electrons. The lowest BCUT2D eigenvalue weighted by molar-refractivity contribution is 0.686. The number of H-pyrrole nitrogens is 1. The highest BCUT2D eigenvalue weighted by atomic mass is 16.1. The zero-order chi connectivity index (χ0) is 26.6. The van der Waals surface area contributed by atoms with Crippen LogP contribution in [0, 0.1) is 0 Å². The number of nitrogens with one attached hydrogen (secondary N) is 2. The summed E-state index contributed by atoms with van der Waals surface area (Å²) in [6.45, 7) is 3.15. The van der Waals surface area contributed by atoms with Crippen LogP contribution in [0.3, 0.4) is 0 Å². The van der Waals surface area contributed by atoms with Gasteiger partial charge in [0.1, 0.15) is 5.82 Å². The first kappa shape index (κ1) is 24.2. The number of hydrogen-bond donors (Lipinski definition) is 2. The number of anilines is 1. The smallest absolute Gasteiger partial charge is 0.261 e. The van der Waals surface area contributed by atoms with Gasteiger partial charge in [-0.05, 0) is 45.7 Å². The molecule has 8 heteroatoms. The summed E-state index contributed by atoms with van der Waals surface area (Å²) in [7, 11) is 0. The van der Waals surface area contributed by atoms with Gasteiger partial charge in [-0.25, -0.2) is 4.98 Å². The third kappa shape index (κ3) is 5.04. The Balaban J connectivity index is 1.29.